The van der Waals surface area contributed by atoms with Crippen molar-refractivity contribution < 1.29 is 19.8 Å². The number of carboxylic acid groups (broad SMARTS) is 1. The summed E-state index contributed by atoms with van der Waals surface area (Å²) in [6, 6.07) is 20.4. The van der Waals surface area contributed by atoms with Crippen LogP contribution in [0.15, 0.2) is 82.4 Å². The Hall–Kier alpha value is -4.83. The fraction of sp³-hybridized carbons (Fsp3) is 0.138. The van der Waals surface area contributed by atoms with Gasteiger partial charge in [-0.15, -0.1) is 11.3 Å². The number of aryl methyl sites for hydroxylation is 2. The number of amides is 1. The molecule has 1 amide bonds. The Balaban J connectivity index is 1.76. The van der Waals surface area contributed by atoms with Crippen LogP contribution in [0.1, 0.15) is 22.5 Å². The number of carbonyl (C=O) groups is 2. The van der Waals surface area contributed by atoms with E-state index in [4.69, 9.17) is 5.11 Å². The molecule has 3 aromatic heterocycles. The Morgan fingerprint density at radius 1 is 1.03 bits per heavy atom. The van der Waals surface area contributed by atoms with Crippen molar-refractivity contribution in [3.05, 3.63) is 99.2 Å². The Morgan fingerprint density at radius 2 is 1.74 bits per heavy atom. The summed E-state index contributed by atoms with van der Waals surface area (Å²) in [5.74, 6) is -2.19. The summed E-state index contributed by atoms with van der Waals surface area (Å²) in [6.45, 7) is 0.160. The minimum Gasteiger partial charge on any atom is -0.505 e. The average Bonchev–Trinajstić information content (AvgIpc) is 3.48. The van der Waals surface area contributed by atoms with Crippen molar-refractivity contribution in [3.8, 4) is 28.3 Å². The zero-order chi connectivity index (χ0) is 27.4. The van der Waals surface area contributed by atoms with E-state index < -0.39 is 17.6 Å². The predicted octanol–water partition coefficient (Wildman–Crippen LogP) is 4.34. The molecular formula is C29H24N4O5S. The number of pyridine rings is 2. The first-order valence-corrected chi connectivity index (χ1v) is 13.2. The van der Waals surface area contributed by atoms with Gasteiger partial charge in [0.05, 0.1) is 17.4 Å². The van der Waals surface area contributed by atoms with E-state index in [1.54, 1.807) is 21.5 Å². The molecule has 3 N–H and O–H groups in total. The summed E-state index contributed by atoms with van der Waals surface area (Å²) in [6.07, 6.45) is 0.263. The number of aromatic nitrogens is 3. The van der Waals surface area contributed by atoms with Crippen LogP contribution in [0.4, 0.5) is 0 Å². The Morgan fingerprint density at radius 3 is 2.41 bits per heavy atom. The lowest BCUT2D eigenvalue weighted by atomic mass is 10.0. The molecule has 0 aliphatic carbocycles. The normalized spacial score (nSPS) is 11.0. The van der Waals surface area contributed by atoms with Crippen LogP contribution in [-0.4, -0.2) is 43.2 Å². The van der Waals surface area contributed by atoms with Crippen LogP contribution in [0.5, 0.6) is 5.75 Å². The molecule has 9 nitrogen and oxygen atoms in total. The number of hydrogen-bond donors (Lipinski definition) is 3. The van der Waals surface area contributed by atoms with Gasteiger partial charge >= 0.3 is 5.97 Å². The highest BCUT2D eigenvalue weighted by molar-refractivity contribution is 7.07. The van der Waals surface area contributed by atoms with E-state index in [-0.39, 0.29) is 35.3 Å². The summed E-state index contributed by atoms with van der Waals surface area (Å²) in [5.41, 5.74) is 4.22. The van der Waals surface area contributed by atoms with Crippen molar-refractivity contribution in [1.29, 1.82) is 0 Å². The zero-order valence-electron chi connectivity index (χ0n) is 20.7. The van der Waals surface area contributed by atoms with Crippen LogP contribution in [-0.2, 0) is 17.8 Å². The van der Waals surface area contributed by atoms with Crippen molar-refractivity contribution in [2.45, 2.75) is 19.4 Å². The van der Waals surface area contributed by atoms with E-state index in [0.717, 1.165) is 5.56 Å². The van der Waals surface area contributed by atoms with Crippen LogP contribution in [0, 0.1) is 0 Å². The number of nitrogens with one attached hydrogen (secondary N) is 1. The number of rotatable bonds is 9. The number of aliphatic carboxylic acids is 1. The number of fused-ring (bicyclic) bond motifs is 1. The van der Waals surface area contributed by atoms with Gasteiger partial charge in [-0.3, -0.25) is 14.4 Å². The lowest BCUT2D eigenvalue weighted by molar-refractivity contribution is -0.136. The van der Waals surface area contributed by atoms with E-state index in [1.807, 2.05) is 60.7 Å². The van der Waals surface area contributed by atoms with Gasteiger partial charge in [0.2, 0.25) is 0 Å². The fourth-order valence-electron chi connectivity index (χ4n) is 4.40. The van der Waals surface area contributed by atoms with Crippen molar-refractivity contribution in [3.63, 3.8) is 0 Å². The van der Waals surface area contributed by atoms with E-state index >= 15 is 0 Å². The largest absolute Gasteiger partial charge is 0.505 e. The first-order chi connectivity index (χ1) is 18.9. The molecular weight excluding hydrogens is 516 g/mol. The second kappa shape index (κ2) is 11.3. The van der Waals surface area contributed by atoms with Crippen LogP contribution in [0.2, 0.25) is 0 Å². The van der Waals surface area contributed by atoms with Gasteiger partial charge in [0, 0.05) is 29.4 Å². The van der Waals surface area contributed by atoms with Crippen molar-refractivity contribution in [1.82, 2.24) is 19.9 Å². The second-order valence-corrected chi connectivity index (χ2v) is 9.53. The van der Waals surface area contributed by atoms with Crippen LogP contribution < -0.4 is 10.9 Å². The minimum atomic E-state index is -1.07. The maximum atomic E-state index is 14.0. The number of thiazole rings is 1. The number of aromatic hydroxyl groups is 1. The molecule has 0 spiro atoms. The quantitative estimate of drug-likeness (QED) is 0.253. The lowest BCUT2D eigenvalue weighted by Gasteiger charge is -2.18. The zero-order valence-corrected chi connectivity index (χ0v) is 21.5. The number of nitrogens with zero attached hydrogens (tertiary/aromatic N) is 3. The molecule has 0 radical (unpaired) electrons. The van der Waals surface area contributed by atoms with Crippen molar-refractivity contribution in [2.24, 2.45) is 0 Å². The SMILES string of the molecule is O=C(O)CCNC(=O)c1nc(-c2cscn2)c2c(cc(-c3ccccc3)c(=O)n2CCc2ccccc2)c1O. The molecule has 0 aliphatic rings. The molecule has 0 bridgehead atoms. The Labute approximate surface area is 227 Å². The molecule has 5 aromatic rings. The molecule has 3 heterocycles. The van der Waals surface area contributed by atoms with Gasteiger partial charge in [-0.25, -0.2) is 9.97 Å². The molecule has 0 unspecified atom stereocenters. The molecule has 0 aliphatic heterocycles. The molecule has 2 aromatic carbocycles. The van der Waals surface area contributed by atoms with Crippen LogP contribution in [0.3, 0.4) is 0 Å². The highest BCUT2D eigenvalue weighted by Crippen LogP contribution is 2.36. The van der Waals surface area contributed by atoms with E-state index in [2.05, 4.69) is 15.3 Å². The monoisotopic (exact) mass is 540 g/mol. The van der Waals surface area contributed by atoms with E-state index in [0.29, 0.717) is 35.3 Å². The fourth-order valence-corrected chi connectivity index (χ4v) is 4.94. The third kappa shape index (κ3) is 5.41. The van der Waals surface area contributed by atoms with E-state index in [1.165, 1.54) is 11.3 Å². The molecule has 0 saturated carbocycles. The number of carboxylic acids is 1. The average molecular weight is 541 g/mol. The third-order valence-electron chi connectivity index (χ3n) is 6.28. The third-order valence-corrected chi connectivity index (χ3v) is 6.87. The molecule has 0 atom stereocenters. The Bertz CT molecular complexity index is 1700. The van der Waals surface area contributed by atoms with Gasteiger partial charge in [0.25, 0.3) is 11.5 Å². The van der Waals surface area contributed by atoms with Crippen LogP contribution in [0.25, 0.3) is 33.4 Å². The van der Waals surface area contributed by atoms with Crippen molar-refractivity contribution in [2.75, 3.05) is 6.54 Å². The lowest BCUT2D eigenvalue weighted by Crippen LogP contribution is -2.28. The highest BCUT2D eigenvalue weighted by Gasteiger charge is 2.25. The second-order valence-electron chi connectivity index (χ2n) is 8.81. The first-order valence-electron chi connectivity index (χ1n) is 12.2. The summed E-state index contributed by atoms with van der Waals surface area (Å²) < 4.78 is 1.58. The maximum absolute atomic E-state index is 14.0. The van der Waals surface area contributed by atoms with Gasteiger partial charge in [-0.2, -0.15) is 0 Å². The summed E-state index contributed by atoms with van der Waals surface area (Å²) in [4.78, 5) is 46.7. The topological polar surface area (TPSA) is 134 Å². The first kappa shape index (κ1) is 25.8. The Kier molecular flexibility index (Phi) is 7.46. The predicted molar refractivity (Wildman–Crippen MR) is 149 cm³/mol. The maximum Gasteiger partial charge on any atom is 0.305 e. The minimum absolute atomic E-state index is 0.134. The van der Waals surface area contributed by atoms with Gasteiger partial charge in [-0.1, -0.05) is 60.7 Å². The van der Waals surface area contributed by atoms with E-state index in [9.17, 15) is 19.5 Å². The molecule has 0 saturated heterocycles. The summed E-state index contributed by atoms with van der Waals surface area (Å²) in [7, 11) is 0. The van der Waals surface area contributed by atoms with Crippen molar-refractivity contribution >= 4 is 34.1 Å². The number of benzene rings is 2. The summed E-state index contributed by atoms with van der Waals surface area (Å²) >= 11 is 1.33. The van der Waals surface area contributed by atoms with Gasteiger partial charge in [-0.05, 0) is 23.6 Å². The van der Waals surface area contributed by atoms with Crippen LogP contribution >= 0.6 is 11.3 Å². The van der Waals surface area contributed by atoms with Gasteiger partial charge in [0.1, 0.15) is 11.4 Å². The smallest absolute Gasteiger partial charge is 0.305 e. The standard InChI is InChI=1S/C29H24N4O5S/c34-23(35)11-13-30-28(37)25-27(36)21-15-20(19-9-5-2-6-10-19)29(38)33(14-12-18-7-3-1-4-8-18)26(21)24(32-25)22-16-39-17-31-22/h1-10,15-17,36H,11-14H2,(H,30,37)(H,34,35). The molecule has 5 rings (SSSR count). The van der Waals surface area contributed by atoms with Gasteiger partial charge in [0.15, 0.2) is 11.4 Å². The molecule has 10 heteroatoms. The molecule has 196 valence electrons. The van der Waals surface area contributed by atoms with Gasteiger partial charge < -0.3 is 20.1 Å². The molecule has 39 heavy (non-hydrogen) atoms. The molecule has 0 fully saturated rings. The summed E-state index contributed by atoms with van der Waals surface area (Å²) in [5, 5.41) is 24.8. The highest BCUT2D eigenvalue weighted by atomic mass is 32.1. The number of carbonyl (C=O) groups excluding carboxylic acids is 1. The number of hydrogen-bond acceptors (Lipinski definition) is 7.